The Kier molecular flexibility index (Phi) is 7.73. The van der Waals surface area contributed by atoms with Crippen molar-refractivity contribution in [1.82, 2.24) is 15.0 Å². The summed E-state index contributed by atoms with van der Waals surface area (Å²) >= 11 is 6.03. The van der Waals surface area contributed by atoms with Crippen LogP contribution in [0.1, 0.15) is 12.5 Å². The first-order valence-corrected chi connectivity index (χ1v) is 12.4. The molecule has 0 aliphatic rings. The van der Waals surface area contributed by atoms with E-state index in [4.69, 9.17) is 21.1 Å². The third-order valence-corrected chi connectivity index (χ3v) is 6.00. The molecular weight excluding hydrogens is 454 g/mol. The first-order valence-electron chi connectivity index (χ1n) is 9.67. The Labute approximate surface area is 192 Å². The Hall–Kier alpha value is -3.08. The number of halogens is 1. The van der Waals surface area contributed by atoms with E-state index in [1.165, 1.54) is 6.33 Å². The van der Waals surface area contributed by atoms with Crippen LogP contribution in [-0.2, 0) is 20.6 Å². The van der Waals surface area contributed by atoms with Crippen molar-refractivity contribution in [2.24, 2.45) is 4.36 Å². The van der Waals surface area contributed by atoms with E-state index in [1.807, 2.05) is 24.3 Å². The Morgan fingerprint density at radius 1 is 1.25 bits per heavy atom. The van der Waals surface area contributed by atoms with Gasteiger partial charge in [-0.15, -0.1) is 0 Å². The molecule has 2 N–H and O–H groups in total. The molecule has 0 bridgehead atoms. The maximum Gasteiger partial charge on any atom is 0.439 e. The van der Waals surface area contributed by atoms with Crippen LogP contribution >= 0.6 is 11.6 Å². The van der Waals surface area contributed by atoms with Crippen LogP contribution in [0.3, 0.4) is 0 Å². The Bertz CT molecular complexity index is 1170. The average molecular weight is 478 g/mol. The van der Waals surface area contributed by atoms with Crippen molar-refractivity contribution in [1.29, 1.82) is 0 Å². The highest BCUT2D eigenvalue weighted by atomic mass is 35.5. The number of aromatic nitrogens is 3. The molecule has 3 rings (SSSR count). The van der Waals surface area contributed by atoms with E-state index < -0.39 is 16.2 Å². The molecule has 11 heteroatoms. The largest absolute Gasteiger partial charge is 0.496 e. The molecule has 0 aliphatic carbocycles. The number of anilines is 2. The molecule has 0 spiro atoms. The summed E-state index contributed by atoms with van der Waals surface area (Å²) in [6, 6.07) is 12.5. The number of nitrogens with one attached hydrogen (secondary N) is 1. The van der Waals surface area contributed by atoms with Gasteiger partial charge in [0.1, 0.15) is 12.1 Å². The van der Waals surface area contributed by atoms with Crippen molar-refractivity contribution in [2.75, 3.05) is 25.3 Å². The number of ether oxygens (including phenoxy) is 2. The molecule has 2 aromatic carbocycles. The lowest BCUT2D eigenvalue weighted by Crippen LogP contribution is -2.14. The van der Waals surface area contributed by atoms with Crippen LogP contribution < -0.4 is 10.1 Å². The number of thiol groups is 1. The fourth-order valence-corrected chi connectivity index (χ4v) is 4.45. The molecule has 1 aromatic heterocycles. The molecule has 3 aromatic rings. The van der Waals surface area contributed by atoms with Crippen molar-refractivity contribution in [3.63, 3.8) is 0 Å². The topological polar surface area (TPSA) is 119 Å². The zero-order chi connectivity index (χ0) is 23.1. The maximum atomic E-state index is 11.6. The van der Waals surface area contributed by atoms with Gasteiger partial charge >= 0.3 is 6.09 Å². The van der Waals surface area contributed by atoms with Crippen LogP contribution in [0.4, 0.5) is 16.4 Å². The molecule has 0 radical (unpaired) electrons. The van der Waals surface area contributed by atoms with E-state index in [9.17, 15) is 9.35 Å². The molecule has 0 saturated carbocycles. The summed E-state index contributed by atoms with van der Waals surface area (Å²) in [5.74, 6) is 1.54. The molecule has 0 aliphatic heterocycles. The second-order valence-electron chi connectivity index (χ2n) is 6.85. The lowest BCUT2D eigenvalue weighted by molar-refractivity contribution is 0.164. The van der Waals surface area contributed by atoms with Crippen molar-refractivity contribution < 1.29 is 18.8 Å². The van der Waals surface area contributed by atoms with Crippen LogP contribution in [0.25, 0.3) is 11.4 Å². The minimum Gasteiger partial charge on any atom is -0.496 e. The fraction of sp³-hybridized carbons (Fsp3) is 0.238. The molecule has 9 nitrogen and oxygen atoms in total. The van der Waals surface area contributed by atoms with E-state index in [1.54, 1.807) is 38.5 Å². The van der Waals surface area contributed by atoms with E-state index in [-0.39, 0.29) is 12.4 Å². The third kappa shape index (κ3) is 6.46. The highest BCUT2D eigenvalue weighted by Gasteiger charge is 2.12. The van der Waals surface area contributed by atoms with Crippen LogP contribution in [0.2, 0.25) is 5.02 Å². The number of rotatable bonds is 7. The second kappa shape index (κ2) is 10.5. The average Bonchev–Trinajstić information content (AvgIpc) is 2.73. The molecule has 0 atom stereocenters. The molecule has 1 amide bonds. The van der Waals surface area contributed by atoms with Crippen molar-refractivity contribution in [2.45, 2.75) is 12.7 Å². The molecule has 32 heavy (non-hydrogen) atoms. The molecule has 170 valence electrons. The van der Waals surface area contributed by atoms with Gasteiger partial charge in [0.15, 0.2) is 5.82 Å². The van der Waals surface area contributed by atoms with Gasteiger partial charge in [-0.1, -0.05) is 33.8 Å². The SMILES string of the molecule is CCOC(=O)N=[SH](C)(O)Cc1cccc(Nc2ncnc(-c3ccc(Cl)cc3OC)n2)c1. The Morgan fingerprint density at radius 2 is 2.06 bits per heavy atom. The van der Waals surface area contributed by atoms with Crippen molar-refractivity contribution >= 4 is 39.4 Å². The minimum absolute atomic E-state index is 0.206. The summed E-state index contributed by atoms with van der Waals surface area (Å²) in [5, 5.41) is 3.67. The first-order chi connectivity index (χ1) is 15.3. The Balaban J connectivity index is 1.81. The van der Waals surface area contributed by atoms with Gasteiger partial charge in [-0.3, -0.25) is 0 Å². The number of carbonyl (C=O) groups excluding carboxylic acids is 1. The van der Waals surface area contributed by atoms with E-state index >= 15 is 0 Å². The summed E-state index contributed by atoms with van der Waals surface area (Å²) in [6.07, 6.45) is 2.20. The summed E-state index contributed by atoms with van der Waals surface area (Å²) in [4.78, 5) is 24.5. The summed E-state index contributed by atoms with van der Waals surface area (Å²) in [7, 11) is -1.31. The number of nitrogens with zero attached hydrogens (tertiary/aromatic N) is 4. The zero-order valence-corrected chi connectivity index (χ0v) is 19.5. The van der Waals surface area contributed by atoms with Crippen LogP contribution in [0.15, 0.2) is 53.2 Å². The van der Waals surface area contributed by atoms with Gasteiger partial charge in [-0.25, -0.2) is 14.8 Å². The molecule has 0 fully saturated rings. The van der Waals surface area contributed by atoms with E-state index in [0.29, 0.717) is 33.8 Å². The van der Waals surface area contributed by atoms with E-state index in [0.717, 1.165) is 5.56 Å². The summed E-state index contributed by atoms with van der Waals surface area (Å²) in [6.45, 7) is 1.89. The fourth-order valence-electron chi connectivity index (χ4n) is 2.92. The van der Waals surface area contributed by atoms with Crippen LogP contribution in [-0.4, -0.2) is 45.6 Å². The Morgan fingerprint density at radius 3 is 2.81 bits per heavy atom. The normalized spacial score (nSPS) is 11.5. The van der Waals surface area contributed by atoms with Gasteiger partial charge < -0.3 is 19.3 Å². The quantitative estimate of drug-likeness (QED) is 0.416. The van der Waals surface area contributed by atoms with Gasteiger partial charge in [-0.2, -0.15) is 9.35 Å². The summed E-state index contributed by atoms with van der Waals surface area (Å²) in [5.41, 5.74) is 2.19. The predicted molar refractivity (Wildman–Crippen MR) is 127 cm³/mol. The van der Waals surface area contributed by atoms with Gasteiger partial charge in [0, 0.05) is 16.5 Å². The number of hydrogen-bond donors (Lipinski definition) is 3. The van der Waals surface area contributed by atoms with Crippen LogP contribution in [0.5, 0.6) is 5.75 Å². The number of carbonyl (C=O) groups is 1. The molecular formula is C21H24ClN5O4S. The zero-order valence-electron chi connectivity index (χ0n) is 17.8. The monoisotopic (exact) mass is 477 g/mol. The van der Waals surface area contributed by atoms with Crippen molar-refractivity contribution in [3.8, 4) is 17.1 Å². The summed E-state index contributed by atoms with van der Waals surface area (Å²) < 4.78 is 24.5. The standard InChI is InChI=1S/C21H24ClN5O4S/c1-4-31-21(28)27-32(3,29)12-14-6-5-7-16(10-14)25-20-24-13-23-19(26-20)17-9-8-15(22)11-18(17)30-2/h5-11,13,32H,4,12H2,1-3H3,(H,27,28,29)(H,23,24,25,26). The highest BCUT2D eigenvalue weighted by Crippen LogP contribution is 2.30. The van der Waals surface area contributed by atoms with E-state index in [2.05, 4.69) is 24.6 Å². The highest BCUT2D eigenvalue weighted by molar-refractivity contribution is 7.98. The first kappa shape index (κ1) is 23.6. The van der Waals surface area contributed by atoms with Crippen molar-refractivity contribution in [3.05, 3.63) is 59.4 Å². The second-order valence-corrected chi connectivity index (χ2v) is 9.98. The third-order valence-electron chi connectivity index (χ3n) is 4.21. The lowest BCUT2D eigenvalue weighted by Gasteiger charge is -2.18. The van der Waals surface area contributed by atoms with Gasteiger partial charge in [0.2, 0.25) is 5.95 Å². The van der Waals surface area contributed by atoms with Gasteiger partial charge in [-0.05, 0) is 49.1 Å². The molecule has 0 saturated heterocycles. The predicted octanol–water partition coefficient (Wildman–Crippen LogP) is 4.77. The maximum absolute atomic E-state index is 11.6. The number of methoxy groups -OCH3 is 1. The smallest absolute Gasteiger partial charge is 0.439 e. The lowest BCUT2D eigenvalue weighted by atomic mass is 10.2. The number of amides is 1. The number of benzene rings is 2. The van der Waals surface area contributed by atoms with Gasteiger partial charge in [0.05, 0.1) is 19.3 Å². The van der Waals surface area contributed by atoms with Crippen LogP contribution in [0, 0.1) is 0 Å². The minimum atomic E-state index is -2.86. The molecule has 1 heterocycles. The van der Waals surface area contributed by atoms with Gasteiger partial charge in [0.25, 0.3) is 0 Å². The molecule has 0 unspecified atom stereocenters. The number of hydrogen-bond acceptors (Lipinski definition) is 7.